The number of ether oxygens (including phenoxy) is 1. The Labute approximate surface area is 173 Å². The van der Waals surface area contributed by atoms with Crippen LogP contribution in [-0.4, -0.2) is 78.3 Å². The van der Waals surface area contributed by atoms with Gasteiger partial charge >= 0.3 is 12.4 Å². The molecule has 3 amide bonds. The summed E-state index contributed by atoms with van der Waals surface area (Å²) in [5.41, 5.74) is -0.0449. The topological polar surface area (TPSA) is 65.1 Å². The van der Waals surface area contributed by atoms with Crippen molar-refractivity contribution < 1.29 is 27.5 Å². The van der Waals surface area contributed by atoms with E-state index in [1.165, 1.54) is 23.1 Å². The lowest BCUT2D eigenvalue weighted by Gasteiger charge is -2.38. The molecule has 0 saturated carbocycles. The van der Waals surface area contributed by atoms with Gasteiger partial charge in [0.1, 0.15) is 0 Å². The first kappa shape index (κ1) is 22.2. The van der Waals surface area contributed by atoms with E-state index in [-0.39, 0.29) is 17.6 Å². The number of alkyl halides is 3. The van der Waals surface area contributed by atoms with Gasteiger partial charge in [0.05, 0.1) is 12.2 Å². The number of rotatable bonds is 4. The van der Waals surface area contributed by atoms with Crippen molar-refractivity contribution in [2.24, 2.45) is 0 Å². The van der Waals surface area contributed by atoms with E-state index in [9.17, 15) is 22.8 Å². The highest BCUT2D eigenvalue weighted by molar-refractivity contribution is 5.91. The highest BCUT2D eigenvalue weighted by Gasteiger charge is 2.33. The van der Waals surface area contributed by atoms with Gasteiger partial charge in [0.2, 0.25) is 5.91 Å². The van der Waals surface area contributed by atoms with Gasteiger partial charge < -0.3 is 19.9 Å². The number of piperidine rings is 1. The summed E-state index contributed by atoms with van der Waals surface area (Å²) in [7, 11) is 0. The van der Waals surface area contributed by atoms with Gasteiger partial charge in [-0.2, -0.15) is 0 Å². The molecule has 2 heterocycles. The first-order chi connectivity index (χ1) is 14.2. The average molecular weight is 428 g/mol. The zero-order chi connectivity index (χ0) is 21.7. The van der Waals surface area contributed by atoms with E-state index in [1.54, 1.807) is 0 Å². The summed E-state index contributed by atoms with van der Waals surface area (Å²) in [6, 6.07) is 5.18. The lowest BCUT2D eigenvalue weighted by molar-refractivity contribution is -0.274. The van der Waals surface area contributed by atoms with Crippen LogP contribution in [0.4, 0.5) is 23.7 Å². The van der Waals surface area contributed by atoms with E-state index < -0.39 is 18.1 Å². The van der Waals surface area contributed by atoms with Gasteiger partial charge in [0.15, 0.2) is 5.75 Å². The normalized spacial score (nSPS) is 20.7. The number of piperazine rings is 1. The van der Waals surface area contributed by atoms with E-state index in [0.29, 0.717) is 32.7 Å². The van der Waals surface area contributed by atoms with Crippen molar-refractivity contribution in [3.63, 3.8) is 0 Å². The van der Waals surface area contributed by atoms with E-state index in [0.717, 1.165) is 31.9 Å². The van der Waals surface area contributed by atoms with Crippen LogP contribution in [0.1, 0.15) is 26.2 Å². The summed E-state index contributed by atoms with van der Waals surface area (Å²) in [5, 5.41) is 2.48. The maximum Gasteiger partial charge on any atom is 0.573 e. The first-order valence-electron chi connectivity index (χ1n) is 10.2. The summed E-state index contributed by atoms with van der Waals surface area (Å²) >= 11 is 0. The van der Waals surface area contributed by atoms with Crippen molar-refractivity contribution >= 4 is 17.6 Å². The summed E-state index contributed by atoms with van der Waals surface area (Å²) < 4.78 is 41.6. The molecular formula is C20H27F3N4O3. The molecule has 0 bridgehead atoms. The first-order valence-corrected chi connectivity index (χ1v) is 10.2. The van der Waals surface area contributed by atoms with Crippen LogP contribution in [0, 0.1) is 0 Å². The van der Waals surface area contributed by atoms with Crippen LogP contribution in [0.25, 0.3) is 0 Å². The van der Waals surface area contributed by atoms with Gasteiger partial charge in [-0.05, 0) is 38.3 Å². The van der Waals surface area contributed by atoms with Crippen molar-refractivity contribution in [2.75, 3.05) is 44.6 Å². The lowest BCUT2D eigenvalue weighted by atomic mass is 10.0. The van der Waals surface area contributed by atoms with E-state index >= 15 is 0 Å². The van der Waals surface area contributed by atoms with Crippen LogP contribution in [-0.2, 0) is 4.79 Å². The third-order valence-corrected chi connectivity index (χ3v) is 5.50. The summed E-state index contributed by atoms with van der Waals surface area (Å²) in [6.45, 7) is 5.02. The van der Waals surface area contributed by atoms with Gasteiger partial charge in [0.25, 0.3) is 0 Å². The zero-order valence-corrected chi connectivity index (χ0v) is 17.0. The highest BCUT2D eigenvalue weighted by atomic mass is 19.4. The number of carbonyl (C=O) groups excluding carboxylic acids is 2. The average Bonchev–Trinajstić information content (AvgIpc) is 2.69. The number of benzene rings is 1. The molecule has 1 aromatic carbocycles. The molecule has 2 aliphatic heterocycles. The Morgan fingerprint density at radius 2 is 1.80 bits per heavy atom. The van der Waals surface area contributed by atoms with Gasteiger partial charge in [-0.25, -0.2) is 4.79 Å². The SMILES string of the molecule is CC1CCCCN1C(=O)CN1CCN(C(=O)Nc2ccccc2OC(F)(F)F)CC1. The van der Waals surface area contributed by atoms with Crippen LogP contribution in [0.5, 0.6) is 5.75 Å². The fourth-order valence-corrected chi connectivity index (χ4v) is 3.84. The quantitative estimate of drug-likeness (QED) is 0.800. The number of nitrogens with one attached hydrogen (secondary N) is 1. The second-order valence-corrected chi connectivity index (χ2v) is 7.67. The highest BCUT2D eigenvalue weighted by Crippen LogP contribution is 2.30. The number of amides is 3. The Balaban J connectivity index is 1.49. The van der Waals surface area contributed by atoms with Crippen LogP contribution >= 0.6 is 0 Å². The molecule has 0 spiro atoms. The molecule has 0 aliphatic carbocycles. The Bertz CT molecular complexity index is 751. The van der Waals surface area contributed by atoms with Crippen molar-refractivity contribution in [3.8, 4) is 5.75 Å². The third kappa shape index (κ3) is 6.01. The lowest BCUT2D eigenvalue weighted by Crippen LogP contribution is -2.53. The molecule has 1 N–H and O–H groups in total. The van der Waals surface area contributed by atoms with Crippen molar-refractivity contribution in [2.45, 2.75) is 38.6 Å². The number of halogens is 3. The molecule has 30 heavy (non-hydrogen) atoms. The molecule has 2 fully saturated rings. The number of hydrogen-bond acceptors (Lipinski definition) is 4. The summed E-state index contributed by atoms with van der Waals surface area (Å²) in [6.07, 6.45) is -1.64. The minimum absolute atomic E-state index is 0.0449. The summed E-state index contributed by atoms with van der Waals surface area (Å²) in [5.74, 6) is -0.350. The van der Waals surface area contributed by atoms with Gasteiger partial charge in [0, 0.05) is 38.8 Å². The maximum absolute atomic E-state index is 12.6. The van der Waals surface area contributed by atoms with Crippen LogP contribution in [0.2, 0.25) is 0 Å². The summed E-state index contributed by atoms with van der Waals surface area (Å²) in [4.78, 5) is 30.5. The largest absolute Gasteiger partial charge is 0.573 e. The molecule has 0 radical (unpaired) electrons. The van der Waals surface area contributed by atoms with E-state index in [1.807, 2.05) is 9.80 Å². The molecule has 2 saturated heterocycles. The molecule has 10 heteroatoms. The molecular weight excluding hydrogens is 401 g/mol. The van der Waals surface area contributed by atoms with Crippen molar-refractivity contribution in [3.05, 3.63) is 24.3 Å². The Morgan fingerprint density at radius 3 is 2.47 bits per heavy atom. The van der Waals surface area contributed by atoms with Crippen LogP contribution in [0.15, 0.2) is 24.3 Å². The number of urea groups is 1. The molecule has 1 aromatic rings. The number of para-hydroxylation sites is 2. The minimum Gasteiger partial charge on any atom is -0.404 e. The smallest absolute Gasteiger partial charge is 0.404 e. The third-order valence-electron chi connectivity index (χ3n) is 5.50. The number of nitrogens with zero attached hydrogens (tertiary/aromatic N) is 3. The Kier molecular flexibility index (Phi) is 7.06. The number of likely N-dealkylation sites (tertiary alicyclic amines) is 1. The van der Waals surface area contributed by atoms with Crippen molar-refractivity contribution in [1.29, 1.82) is 0 Å². The van der Waals surface area contributed by atoms with Gasteiger partial charge in [-0.15, -0.1) is 13.2 Å². The van der Waals surface area contributed by atoms with Crippen LogP contribution in [0.3, 0.4) is 0 Å². The van der Waals surface area contributed by atoms with Gasteiger partial charge in [-0.1, -0.05) is 12.1 Å². The van der Waals surface area contributed by atoms with Gasteiger partial charge in [-0.3, -0.25) is 9.69 Å². The molecule has 2 aliphatic rings. The standard InChI is InChI=1S/C20H27F3N4O3/c1-15-6-4-5-9-27(15)18(28)14-25-10-12-26(13-11-25)19(29)24-16-7-2-3-8-17(16)30-20(21,22)23/h2-3,7-8,15H,4-6,9-14H2,1H3,(H,24,29). The zero-order valence-electron chi connectivity index (χ0n) is 17.0. The molecule has 3 rings (SSSR count). The van der Waals surface area contributed by atoms with E-state index in [2.05, 4.69) is 17.0 Å². The maximum atomic E-state index is 12.6. The molecule has 1 atom stereocenters. The second kappa shape index (κ2) is 9.55. The second-order valence-electron chi connectivity index (χ2n) is 7.67. The predicted molar refractivity (Wildman–Crippen MR) is 105 cm³/mol. The fraction of sp³-hybridized carbons (Fsp3) is 0.600. The fourth-order valence-electron chi connectivity index (χ4n) is 3.84. The molecule has 7 nitrogen and oxygen atoms in total. The number of anilines is 1. The Hall–Kier alpha value is -2.49. The monoisotopic (exact) mass is 428 g/mol. The molecule has 166 valence electrons. The number of carbonyl (C=O) groups is 2. The minimum atomic E-state index is -4.84. The van der Waals surface area contributed by atoms with Crippen molar-refractivity contribution in [1.82, 2.24) is 14.7 Å². The number of hydrogen-bond donors (Lipinski definition) is 1. The Morgan fingerprint density at radius 1 is 1.10 bits per heavy atom. The van der Waals surface area contributed by atoms with Crippen LogP contribution < -0.4 is 10.1 Å². The molecule has 1 unspecified atom stereocenters. The molecule has 0 aromatic heterocycles. The van der Waals surface area contributed by atoms with E-state index in [4.69, 9.17) is 0 Å². The predicted octanol–water partition coefficient (Wildman–Crippen LogP) is 3.14.